The molecule has 7 atom stereocenters. The van der Waals surface area contributed by atoms with Crippen molar-refractivity contribution in [2.24, 2.45) is 11.8 Å². The summed E-state index contributed by atoms with van der Waals surface area (Å²) in [5.74, 6) is -2.30. The molecule has 0 radical (unpaired) electrons. The zero-order valence-electron chi connectivity index (χ0n) is 27.0. The van der Waals surface area contributed by atoms with Crippen molar-refractivity contribution in [3.05, 3.63) is 97.1 Å². The average molecular weight is 705 g/mol. The number of amides is 3. The standard InChI is InChI=1S/C38H46BrN3O5/c1-3-20-40(24-27-16-10-6-11-17-27)35(44)31-32-36(45)42(29(25-43)22-26-14-8-5-9-15-26)34(38(32)23-30(39)33(31)47-38)37(46)41(21-4-2)28-18-12-7-13-19-28/h3-6,8-11,14-17,28-34,43H,1-2,7,12-13,18-25H2/t29-,30?,31-,32+,33-,34?,38?/m1/s1. The Kier molecular flexibility index (Phi) is 10.3. The van der Waals surface area contributed by atoms with E-state index in [4.69, 9.17) is 4.74 Å². The first-order chi connectivity index (χ1) is 22.8. The van der Waals surface area contributed by atoms with E-state index < -0.39 is 35.6 Å². The van der Waals surface area contributed by atoms with E-state index in [2.05, 4.69) is 29.1 Å². The number of likely N-dealkylation sites (tertiary alicyclic amines) is 1. The second-order valence-electron chi connectivity index (χ2n) is 13.5. The lowest BCUT2D eigenvalue weighted by Gasteiger charge is -2.42. The second kappa shape index (κ2) is 14.5. The maximum atomic E-state index is 15.0. The molecule has 4 aliphatic rings. The molecule has 2 aromatic carbocycles. The molecule has 3 heterocycles. The number of hydrogen-bond acceptors (Lipinski definition) is 5. The van der Waals surface area contributed by atoms with Crippen LogP contribution < -0.4 is 0 Å². The Balaban J connectivity index is 1.42. The summed E-state index contributed by atoms with van der Waals surface area (Å²) in [7, 11) is 0. The minimum absolute atomic E-state index is 0.0353. The van der Waals surface area contributed by atoms with Crippen molar-refractivity contribution < 1.29 is 24.2 Å². The highest BCUT2D eigenvalue weighted by Crippen LogP contribution is 2.61. The molecule has 3 amide bonds. The molecule has 47 heavy (non-hydrogen) atoms. The zero-order valence-corrected chi connectivity index (χ0v) is 28.5. The first-order valence-corrected chi connectivity index (χ1v) is 17.9. The maximum Gasteiger partial charge on any atom is 0.248 e. The molecule has 1 aliphatic carbocycles. The molecule has 2 bridgehead atoms. The average Bonchev–Trinajstić information content (AvgIpc) is 3.69. The third-order valence-electron chi connectivity index (χ3n) is 10.7. The number of nitrogens with zero attached hydrogens (tertiary/aromatic N) is 3. The molecule has 3 saturated heterocycles. The highest BCUT2D eigenvalue weighted by atomic mass is 79.9. The quantitative estimate of drug-likeness (QED) is 0.237. The topological polar surface area (TPSA) is 90.4 Å². The Morgan fingerprint density at radius 2 is 1.62 bits per heavy atom. The molecule has 1 saturated carbocycles. The van der Waals surface area contributed by atoms with Gasteiger partial charge < -0.3 is 24.5 Å². The summed E-state index contributed by atoms with van der Waals surface area (Å²) >= 11 is 3.82. The highest BCUT2D eigenvalue weighted by Gasteiger charge is 2.77. The van der Waals surface area contributed by atoms with Crippen LogP contribution in [0.25, 0.3) is 0 Å². The van der Waals surface area contributed by atoms with Gasteiger partial charge in [-0.2, -0.15) is 0 Å². The number of ether oxygens (including phenoxy) is 1. The maximum absolute atomic E-state index is 15.0. The molecular weight excluding hydrogens is 658 g/mol. The first-order valence-electron chi connectivity index (χ1n) is 17.0. The number of aliphatic hydroxyl groups excluding tert-OH is 1. The molecule has 2 aromatic rings. The molecule has 1 N–H and O–H groups in total. The van der Waals surface area contributed by atoms with Gasteiger partial charge in [0.1, 0.15) is 11.6 Å². The molecule has 4 fully saturated rings. The summed E-state index contributed by atoms with van der Waals surface area (Å²) in [6.07, 6.45) is 8.68. The van der Waals surface area contributed by atoms with Gasteiger partial charge in [-0.25, -0.2) is 0 Å². The number of fused-ring (bicyclic) bond motifs is 1. The fraction of sp³-hybridized carbons (Fsp3) is 0.500. The number of benzene rings is 2. The van der Waals surface area contributed by atoms with Crippen LogP contribution in [0.1, 0.15) is 49.7 Å². The van der Waals surface area contributed by atoms with Crippen LogP contribution in [0, 0.1) is 11.8 Å². The van der Waals surface area contributed by atoms with Gasteiger partial charge in [0.25, 0.3) is 0 Å². The van der Waals surface area contributed by atoms with Gasteiger partial charge in [-0.3, -0.25) is 14.4 Å². The van der Waals surface area contributed by atoms with Crippen molar-refractivity contribution >= 4 is 33.7 Å². The molecule has 6 rings (SSSR count). The van der Waals surface area contributed by atoms with Gasteiger partial charge in [0.15, 0.2) is 0 Å². The van der Waals surface area contributed by atoms with E-state index in [-0.39, 0.29) is 35.2 Å². The van der Waals surface area contributed by atoms with Gasteiger partial charge in [0.05, 0.1) is 30.6 Å². The van der Waals surface area contributed by atoms with Crippen molar-refractivity contribution in [2.45, 2.75) is 86.1 Å². The van der Waals surface area contributed by atoms with E-state index in [1.54, 1.807) is 22.0 Å². The fourth-order valence-electron chi connectivity index (χ4n) is 8.67. The Bertz CT molecular complexity index is 1450. The second-order valence-corrected chi connectivity index (χ2v) is 14.7. The number of halogens is 1. The van der Waals surface area contributed by atoms with E-state index in [1.807, 2.05) is 65.6 Å². The number of carbonyl (C=O) groups is 3. The molecular formula is C38H46BrN3O5. The summed E-state index contributed by atoms with van der Waals surface area (Å²) < 4.78 is 6.87. The van der Waals surface area contributed by atoms with Crippen molar-refractivity contribution in [2.75, 3.05) is 19.7 Å². The molecule has 9 heteroatoms. The molecule has 8 nitrogen and oxygen atoms in total. The summed E-state index contributed by atoms with van der Waals surface area (Å²) in [5.41, 5.74) is 0.713. The SMILES string of the molecule is C=CCN(Cc1ccccc1)C(=O)[C@H]1[C@@H]2OC3(CC2Br)C(C(=O)N(CC=C)C2CCCCC2)N([C@@H](CO)Cc2ccccc2)C(=O)[C@H]13. The molecule has 250 valence electrons. The smallest absolute Gasteiger partial charge is 0.248 e. The van der Waals surface area contributed by atoms with Crippen LogP contribution in [0.15, 0.2) is 86.0 Å². The Morgan fingerprint density at radius 3 is 2.23 bits per heavy atom. The van der Waals surface area contributed by atoms with E-state index in [0.29, 0.717) is 32.5 Å². The number of hydrogen-bond donors (Lipinski definition) is 1. The van der Waals surface area contributed by atoms with Crippen molar-refractivity contribution in [1.82, 2.24) is 14.7 Å². The van der Waals surface area contributed by atoms with Crippen LogP contribution >= 0.6 is 15.9 Å². The number of carbonyl (C=O) groups excluding carboxylic acids is 3. The van der Waals surface area contributed by atoms with Gasteiger partial charge >= 0.3 is 0 Å². The van der Waals surface area contributed by atoms with Crippen molar-refractivity contribution in [1.29, 1.82) is 0 Å². The van der Waals surface area contributed by atoms with Crippen LogP contribution in [0.3, 0.4) is 0 Å². The third-order valence-corrected chi connectivity index (χ3v) is 11.5. The molecule has 0 aromatic heterocycles. The van der Waals surface area contributed by atoms with Crippen LogP contribution in [0.2, 0.25) is 0 Å². The van der Waals surface area contributed by atoms with E-state index in [1.165, 1.54) is 0 Å². The van der Waals surface area contributed by atoms with E-state index >= 15 is 4.79 Å². The van der Waals surface area contributed by atoms with Gasteiger partial charge in [-0.05, 0) is 36.8 Å². The minimum Gasteiger partial charge on any atom is -0.394 e. The Morgan fingerprint density at radius 1 is 0.979 bits per heavy atom. The summed E-state index contributed by atoms with van der Waals surface area (Å²) in [6.45, 7) is 8.58. The number of rotatable bonds is 13. The molecule has 3 aliphatic heterocycles. The number of aliphatic hydroxyl groups is 1. The van der Waals surface area contributed by atoms with Gasteiger partial charge in [0, 0.05) is 30.5 Å². The fourth-order valence-corrected chi connectivity index (χ4v) is 9.61. The monoisotopic (exact) mass is 703 g/mol. The third kappa shape index (κ3) is 6.22. The molecule has 1 spiro atoms. The van der Waals surface area contributed by atoms with Crippen LogP contribution in [0.4, 0.5) is 0 Å². The predicted octanol–water partition coefficient (Wildman–Crippen LogP) is 4.90. The van der Waals surface area contributed by atoms with Crippen molar-refractivity contribution in [3.8, 4) is 0 Å². The van der Waals surface area contributed by atoms with Crippen LogP contribution in [-0.2, 0) is 32.1 Å². The predicted molar refractivity (Wildman–Crippen MR) is 184 cm³/mol. The largest absolute Gasteiger partial charge is 0.394 e. The molecule has 3 unspecified atom stereocenters. The lowest BCUT2D eigenvalue weighted by atomic mass is 9.70. The van der Waals surface area contributed by atoms with E-state index in [0.717, 1.165) is 43.2 Å². The van der Waals surface area contributed by atoms with Gasteiger partial charge in [-0.1, -0.05) is 108 Å². The minimum atomic E-state index is -1.21. The summed E-state index contributed by atoms with van der Waals surface area (Å²) in [5, 5.41) is 10.9. The van der Waals surface area contributed by atoms with Gasteiger partial charge in [0.2, 0.25) is 17.7 Å². The first kappa shape index (κ1) is 33.6. The Labute approximate surface area is 286 Å². The Hall–Kier alpha value is -3.27. The van der Waals surface area contributed by atoms with Crippen molar-refractivity contribution in [3.63, 3.8) is 0 Å². The lowest BCUT2D eigenvalue weighted by molar-refractivity contribution is -0.153. The lowest BCUT2D eigenvalue weighted by Crippen LogP contribution is -2.61. The normalized spacial score (nSPS) is 28.9. The van der Waals surface area contributed by atoms with E-state index in [9.17, 15) is 14.7 Å². The van der Waals surface area contributed by atoms with Gasteiger partial charge in [-0.15, -0.1) is 13.2 Å². The van der Waals surface area contributed by atoms with Crippen LogP contribution in [-0.4, -0.2) is 91.9 Å². The van der Waals surface area contributed by atoms with Crippen LogP contribution in [0.5, 0.6) is 0 Å². The number of alkyl halides is 1. The highest BCUT2D eigenvalue weighted by molar-refractivity contribution is 9.09. The summed E-state index contributed by atoms with van der Waals surface area (Å²) in [4.78, 5) is 49.6. The summed E-state index contributed by atoms with van der Waals surface area (Å²) in [6, 6.07) is 17.9. The zero-order chi connectivity index (χ0) is 33.1.